The maximum Gasteiger partial charge on any atom is 0.123 e. The third kappa shape index (κ3) is 5.94. The number of allylic oxidation sites excluding steroid dienone is 1. The number of nitrogens with zero attached hydrogens (tertiary/aromatic N) is 5. The zero-order valence-corrected chi connectivity index (χ0v) is 21.7. The molecule has 1 aromatic heterocycles. The molecule has 0 unspecified atom stereocenters. The number of hydrogen-bond donors (Lipinski definition) is 1. The number of para-hydroxylation sites is 2. The number of aryl methyl sites for hydroxylation is 1. The first-order valence-electron chi connectivity index (χ1n) is 12.8. The van der Waals surface area contributed by atoms with Gasteiger partial charge in [-0.05, 0) is 101 Å². The number of likely N-dealkylation sites (tertiary alicyclic amines) is 1. The minimum absolute atomic E-state index is 0.259. The fourth-order valence-electron chi connectivity index (χ4n) is 4.73. The SMILES string of the molecule is CC1=Nc2ccccc2N(c2ccc(F)cc2)C1=CC(CNc1ccc(C)nc1)=NC1CCN(C)CC1. The smallest absolute Gasteiger partial charge is 0.123 e. The number of benzene rings is 2. The van der Waals surface area contributed by atoms with Crippen molar-refractivity contribution in [1.29, 1.82) is 0 Å². The quantitative estimate of drug-likeness (QED) is 0.407. The minimum Gasteiger partial charge on any atom is -0.378 e. The average Bonchev–Trinajstić information content (AvgIpc) is 2.90. The van der Waals surface area contributed by atoms with E-state index in [1.165, 1.54) is 12.1 Å². The molecular formula is C30H33FN6. The van der Waals surface area contributed by atoms with Gasteiger partial charge in [-0.3, -0.25) is 9.98 Å². The number of pyridine rings is 1. The van der Waals surface area contributed by atoms with Gasteiger partial charge in [-0.25, -0.2) is 9.38 Å². The summed E-state index contributed by atoms with van der Waals surface area (Å²) in [7, 11) is 2.16. The highest BCUT2D eigenvalue weighted by atomic mass is 19.1. The van der Waals surface area contributed by atoms with Crippen LogP contribution in [0.5, 0.6) is 0 Å². The van der Waals surface area contributed by atoms with Gasteiger partial charge in [0.1, 0.15) is 5.82 Å². The summed E-state index contributed by atoms with van der Waals surface area (Å²) in [6, 6.07) is 19.0. The van der Waals surface area contributed by atoms with E-state index in [0.29, 0.717) is 6.54 Å². The van der Waals surface area contributed by atoms with E-state index in [9.17, 15) is 4.39 Å². The lowest BCUT2D eigenvalue weighted by molar-refractivity contribution is 0.257. The number of anilines is 3. The highest BCUT2D eigenvalue weighted by Gasteiger charge is 2.25. The summed E-state index contributed by atoms with van der Waals surface area (Å²) < 4.78 is 13.8. The molecule has 2 aliphatic heterocycles. The Hall–Kier alpha value is -3.84. The molecule has 0 saturated carbocycles. The van der Waals surface area contributed by atoms with Crippen LogP contribution in [0.2, 0.25) is 0 Å². The van der Waals surface area contributed by atoms with E-state index < -0.39 is 0 Å². The van der Waals surface area contributed by atoms with E-state index in [4.69, 9.17) is 9.98 Å². The Kier molecular flexibility index (Phi) is 7.42. The highest BCUT2D eigenvalue weighted by molar-refractivity contribution is 6.14. The summed E-state index contributed by atoms with van der Waals surface area (Å²) in [5.74, 6) is -0.259. The fraction of sp³-hybridized carbons (Fsp3) is 0.300. The number of piperidine rings is 1. The number of halogens is 1. The Bertz CT molecular complexity index is 1320. The van der Waals surface area contributed by atoms with E-state index >= 15 is 0 Å². The molecule has 2 aromatic carbocycles. The van der Waals surface area contributed by atoms with E-state index in [0.717, 1.165) is 71.5 Å². The Balaban J connectivity index is 1.54. The van der Waals surface area contributed by atoms with Crippen LogP contribution < -0.4 is 10.2 Å². The zero-order valence-electron chi connectivity index (χ0n) is 21.7. The van der Waals surface area contributed by atoms with E-state index in [1.54, 1.807) is 0 Å². The lowest BCUT2D eigenvalue weighted by atomic mass is 10.0. The van der Waals surface area contributed by atoms with Crippen LogP contribution in [0.25, 0.3) is 0 Å². The maximum absolute atomic E-state index is 13.8. The second-order valence-corrected chi connectivity index (χ2v) is 9.72. The van der Waals surface area contributed by atoms with Crippen molar-refractivity contribution in [2.75, 3.05) is 36.9 Å². The molecule has 190 valence electrons. The van der Waals surface area contributed by atoms with Gasteiger partial charge in [-0.2, -0.15) is 0 Å². The summed E-state index contributed by atoms with van der Waals surface area (Å²) in [6.07, 6.45) is 6.05. The topological polar surface area (TPSA) is 56.1 Å². The minimum atomic E-state index is -0.259. The van der Waals surface area contributed by atoms with Gasteiger partial charge in [-0.15, -0.1) is 0 Å². The van der Waals surface area contributed by atoms with E-state index in [-0.39, 0.29) is 11.9 Å². The van der Waals surface area contributed by atoms with Gasteiger partial charge >= 0.3 is 0 Å². The molecule has 1 fully saturated rings. The highest BCUT2D eigenvalue weighted by Crippen LogP contribution is 2.41. The third-order valence-corrected chi connectivity index (χ3v) is 6.83. The molecule has 6 nitrogen and oxygen atoms in total. The Labute approximate surface area is 218 Å². The Morgan fingerprint density at radius 2 is 1.81 bits per heavy atom. The van der Waals surface area contributed by atoms with Crippen LogP contribution in [-0.4, -0.2) is 54.0 Å². The zero-order chi connectivity index (χ0) is 25.8. The summed E-state index contributed by atoms with van der Waals surface area (Å²) in [5.41, 5.74) is 7.43. The molecule has 0 aliphatic carbocycles. The van der Waals surface area contributed by atoms with Crippen molar-refractivity contribution in [1.82, 2.24) is 9.88 Å². The van der Waals surface area contributed by atoms with Crippen LogP contribution >= 0.6 is 0 Å². The van der Waals surface area contributed by atoms with Gasteiger partial charge in [0, 0.05) is 11.4 Å². The first kappa shape index (κ1) is 24.8. The molecular weight excluding hydrogens is 463 g/mol. The van der Waals surface area contributed by atoms with Gasteiger partial charge in [0.15, 0.2) is 0 Å². The number of nitrogens with one attached hydrogen (secondary N) is 1. The third-order valence-electron chi connectivity index (χ3n) is 6.83. The van der Waals surface area contributed by atoms with Crippen molar-refractivity contribution in [3.8, 4) is 0 Å². The summed E-state index contributed by atoms with van der Waals surface area (Å²) in [5, 5.41) is 3.50. The van der Waals surface area contributed by atoms with Gasteiger partial charge in [-0.1, -0.05) is 12.1 Å². The van der Waals surface area contributed by atoms with Crippen LogP contribution in [0.15, 0.2) is 88.6 Å². The van der Waals surface area contributed by atoms with Gasteiger partial charge < -0.3 is 15.1 Å². The van der Waals surface area contributed by atoms with Gasteiger partial charge in [0.05, 0.1) is 53.0 Å². The maximum atomic E-state index is 13.8. The van der Waals surface area contributed by atoms with Crippen LogP contribution in [0, 0.1) is 12.7 Å². The summed E-state index contributed by atoms with van der Waals surface area (Å²) in [6.45, 7) is 6.65. The van der Waals surface area contributed by atoms with Crippen molar-refractivity contribution < 1.29 is 4.39 Å². The van der Waals surface area contributed by atoms with Crippen molar-refractivity contribution in [2.24, 2.45) is 9.98 Å². The van der Waals surface area contributed by atoms with Crippen LogP contribution in [0.3, 0.4) is 0 Å². The molecule has 3 heterocycles. The van der Waals surface area contributed by atoms with Crippen LogP contribution in [0.4, 0.5) is 27.1 Å². The van der Waals surface area contributed by atoms with Gasteiger partial charge in [0.25, 0.3) is 0 Å². The van der Waals surface area contributed by atoms with Crippen molar-refractivity contribution >= 4 is 34.2 Å². The second kappa shape index (κ2) is 11.0. The number of rotatable bonds is 6. The molecule has 0 radical (unpaired) electrons. The van der Waals surface area contributed by atoms with Crippen molar-refractivity contribution in [2.45, 2.75) is 32.7 Å². The normalized spacial score (nSPS) is 18.1. The Morgan fingerprint density at radius 3 is 2.54 bits per heavy atom. The van der Waals surface area contributed by atoms with Crippen molar-refractivity contribution in [3.63, 3.8) is 0 Å². The predicted molar refractivity (Wildman–Crippen MR) is 151 cm³/mol. The lowest BCUT2D eigenvalue weighted by Gasteiger charge is -2.32. The molecule has 7 heteroatoms. The molecule has 3 aromatic rings. The summed E-state index contributed by atoms with van der Waals surface area (Å²) >= 11 is 0. The largest absolute Gasteiger partial charge is 0.378 e. The molecule has 0 bridgehead atoms. The van der Waals surface area contributed by atoms with Gasteiger partial charge in [0.2, 0.25) is 0 Å². The molecule has 0 amide bonds. The molecule has 0 spiro atoms. The monoisotopic (exact) mass is 496 g/mol. The summed E-state index contributed by atoms with van der Waals surface area (Å²) in [4.78, 5) is 19.0. The average molecular weight is 497 g/mol. The second-order valence-electron chi connectivity index (χ2n) is 9.72. The van der Waals surface area contributed by atoms with Crippen LogP contribution in [-0.2, 0) is 0 Å². The molecule has 5 rings (SSSR count). The lowest BCUT2D eigenvalue weighted by Crippen LogP contribution is -2.33. The number of fused-ring (bicyclic) bond motifs is 1. The number of aromatic nitrogens is 1. The van der Waals surface area contributed by atoms with Crippen LogP contribution in [0.1, 0.15) is 25.5 Å². The molecule has 37 heavy (non-hydrogen) atoms. The number of hydrogen-bond acceptors (Lipinski definition) is 6. The first-order valence-corrected chi connectivity index (χ1v) is 12.8. The van der Waals surface area contributed by atoms with E-state index in [1.807, 2.05) is 68.6 Å². The number of aliphatic imine (C=N–C) groups is 2. The molecule has 2 aliphatic rings. The molecule has 1 N–H and O–H groups in total. The van der Waals surface area contributed by atoms with Crippen molar-refractivity contribution in [3.05, 3.63) is 90.1 Å². The standard InChI is InChI=1S/C30H33FN6/c1-21-8-11-25(19-32-21)33-20-26(35-24-14-16-36(3)17-15-24)18-30-22(2)34-28-6-4-5-7-29(28)37(30)27-12-9-23(31)10-13-27/h4-13,18-19,24,33H,14-17,20H2,1-3H3. The Morgan fingerprint density at radius 1 is 1.05 bits per heavy atom. The predicted octanol–water partition coefficient (Wildman–Crippen LogP) is 6.30. The molecule has 0 atom stereocenters. The molecule has 1 saturated heterocycles. The van der Waals surface area contributed by atoms with E-state index in [2.05, 4.69) is 33.2 Å². The first-order chi connectivity index (χ1) is 18.0. The fourth-order valence-corrected chi connectivity index (χ4v) is 4.73.